The second-order valence-corrected chi connectivity index (χ2v) is 4.13. The van der Waals surface area contributed by atoms with Crippen LogP contribution in [0.25, 0.3) is 11.5 Å². The molecule has 0 saturated heterocycles. The van der Waals surface area contributed by atoms with Crippen LogP contribution in [0.5, 0.6) is 0 Å². The van der Waals surface area contributed by atoms with Gasteiger partial charge in [-0.25, -0.2) is 4.98 Å². The number of hydrogen-bond acceptors (Lipinski definition) is 3. The van der Waals surface area contributed by atoms with Crippen molar-refractivity contribution in [1.82, 2.24) is 15.0 Å². The van der Waals surface area contributed by atoms with Crippen molar-refractivity contribution in [1.29, 1.82) is 0 Å². The predicted octanol–water partition coefficient (Wildman–Crippen LogP) is 2.44. The van der Waals surface area contributed by atoms with E-state index in [0.29, 0.717) is 16.5 Å². The standard InChI is InChI=1S/C12H12ClN3O/c1-2-3-9-6-11(17)16-12(15-9)10-5-4-8(13)7-14-10/h4-7H,2-3H2,1H3,(H,15,16,17). The van der Waals surface area contributed by atoms with Crippen molar-refractivity contribution >= 4 is 11.6 Å². The van der Waals surface area contributed by atoms with E-state index in [4.69, 9.17) is 11.6 Å². The summed E-state index contributed by atoms with van der Waals surface area (Å²) in [6.07, 6.45) is 3.26. The number of rotatable bonds is 3. The topological polar surface area (TPSA) is 58.6 Å². The minimum Gasteiger partial charge on any atom is -0.305 e. The fourth-order valence-corrected chi connectivity index (χ4v) is 1.64. The number of hydrogen-bond donors (Lipinski definition) is 1. The number of halogens is 1. The maximum absolute atomic E-state index is 11.5. The number of aromatic amines is 1. The molecule has 0 aliphatic heterocycles. The van der Waals surface area contributed by atoms with Gasteiger partial charge in [-0.3, -0.25) is 9.78 Å². The lowest BCUT2D eigenvalue weighted by atomic mass is 10.2. The summed E-state index contributed by atoms with van der Waals surface area (Å²) in [7, 11) is 0. The Hall–Kier alpha value is -1.68. The van der Waals surface area contributed by atoms with Crippen LogP contribution in [0.2, 0.25) is 5.02 Å². The third-order valence-corrected chi connectivity index (χ3v) is 2.49. The van der Waals surface area contributed by atoms with Gasteiger partial charge in [0, 0.05) is 18.0 Å². The number of nitrogens with zero attached hydrogens (tertiary/aromatic N) is 2. The fraction of sp³-hybridized carbons (Fsp3) is 0.250. The Kier molecular flexibility index (Phi) is 3.54. The van der Waals surface area contributed by atoms with Gasteiger partial charge in [-0.15, -0.1) is 0 Å². The highest BCUT2D eigenvalue weighted by atomic mass is 35.5. The van der Waals surface area contributed by atoms with Gasteiger partial charge < -0.3 is 4.98 Å². The first-order chi connectivity index (χ1) is 8.19. The Morgan fingerprint density at radius 1 is 1.41 bits per heavy atom. The summed E-state index contributed by atoms with van der Waals surface area (Å²) in [5, 5.41) is 0.556. The lowest BCUT2D eigenvalue weighted by Gasteiger charge is -2.02. The zero-order valence-corrected chi connectivity index (χ0v) is 10.2. The van der Waals surface area contributed by atoms with Gasteiger partial charge in [-0.2, -0.15) is 0 Å². The molecule has 0 atom stereocenters. The first-order valence-electron chi connectivity index (χ1n) is 5.41. The van der Waals surface area contributed by atoms with Crippen LogP contribution in [-0.2, 0) is 6.42 Å². The zero-order chi connectivity index (χ0) is 12.3. The molecule has 2 aromatic heterocycles. The second kappa shape index (κ2) is 5.10. The van der Waals surface area contributed by atoms with Crippen LogP contribution in [0.15, 0.2) is 29.2 Å². The summed E-state index contributed by atoms with van der Waals surface area (Å²) in [4.78, 5) is 22.6. The van der Waals surface area contributed by atoms with E-state index in [1.807, 2.05) is 6.92 Å². The van der Waals surface area contributed by atoms with Gasteiger partial charge in [-0.1, -0.05) is 24.9 Å². The van der Waals surface area contributed by atoms with Crippen LogP contribution in [0, 0.1) is 0 Å². The van der Waals surface area contributed by atoms with Gasteiger partial charge in [0.2, 0.25) is 0 Å². The van der Waals surface area contributed by atoms with Crippen molar-refractivity contribution < 1.29 is 0 Å². The van der Waals surface area contributed by atoms with Crippen LogP contribution >= 0.6 is 11.6 Å². The van der Waals surface area contributed by atoms with Gasteiger partial charge in [0.15, 0.2) is 5.82 Å². The highest BCUT2D eigenvalue weighted by molar-refractivity contribution is 6.30. The normalized spacial score (nSPS) is 10.5. The molecule has 1 N–H and O–H groups in total. The van der Waals surface area contributed by atoms with Gasteiger partial charge >= 0.3 is 0 Å². The van der Waals surface area contributed by atoms with E-state index in [1.54, 1.807) is 12.1 Å². The van der Waals surface area contributed by atoms with Crippen molar-refractivity contribution in [2.45, 2.75) is 19.8 Å². The van der Waals surface area contributed by atoms with Gasteiger partial charge in [0.05, 0.1) is 5.02 Å². The summed E-state index contributed by atoms with van der Waals surface area (Å²) < 4.78 is 0. The Morgan fingerprint density at radius 3 is 2.88 bits per heavy atom. The molecule has 0 unspecified atom stereocenters. The SMILES string of the molecule is CCCc1cc(=O)[nH]c(-c2ccc(Cl)cn2)n1. The molecule has 0 saturated carbocycles. The van der Waals surface area contributed by atoms with Crippen LogP contribution in [0.4, 0.5) is 0 Å². The van der Waals surface area contributed by atoms with Crippen LogP contribution in [-0.4, -0.2) is 15.0 Å². The average Bonchev–Trinajstić information content (AvgIpc) is 2.29. The zero-order valence-electron chi connectivity index (χ0n) is 9.40. The smallest absolute Gasteiger partial charge is 0.251 e. The number of H-pyrrole nitrogens is 1. The lowest BCUT2D eigenvalue weighted by Crippen LogP contribution is -2.10. The van der Waals surface area contributed by atoms with Crippen LogP contribution in [0.1, 0.15) is 19.0 Å². The van der Waals surface area contributed by atoms with E-state index in [9.17, 15) is 4.79 Å². The molecule has 0 spiro atoms. The highest BCUT2D eigenvalue weighted by Crippen LogP contribution is 2.14. The number of pyridine rings is 1. The van der Waals surface area contributed by atoms with Gasteiger partial charge in [0.25, 0.3) is 5.56 Å². The monoisotopic (exact) mass is 249 g/mol. The third-order valence-electron chi connectivity index (χ3n) is 2.27. The molecule has 17 heavy (non-hydrogen) atoms. The van der Waals surface area contributed by atoms with E-state index >= 15 is 0 Å². The van der Waals surface area contributed by atoms with Gasteiger partial charge in [-0.05, 0) is 18.6 Å². The molecule has 0 fully saturated rings. The minimum absolute atomic E-state index is 0.157. The largest absolute Gasteiger partial charge is 0.305 e. The molecule has 0 aromatic carbocycles. The third kappa shape index (κ3) is 2.91. The molecule has 2 aromatic rings. The molecule has 4 nitrogen and oxygen atoms in total. The molecular weight excluding hydrogens is 238 g/mol. The van der Waals surface area contributed by atoms with Crippen LogP contribution < -0.4 is 5.56 Å². The molecule has 0 bridgehead atoms. The molecule has 88 valence electrons. The quantitative estimate of drug-likeness (QED) is 0.909. The summed E-state index contributed by atoms with van der Waals surface area (Å²) in [5.74, 6) is 0.484. The lowest BCUT2D eigenvalue weighted by molar-refractivity contribution is 0.868. The second-order valence-electron chi connectivity index (χ2n) is 3.70. The summed E-state index contributed by atoms with van der Waals surface area (Å²) >= 11 is 5.76. The number of nitrogens with one attached hydrogen (secondary N) is 1. The van der Waals surface area contributed by atoms with Crippen molar-refractivity contribution in [3.05, 3.63) is 45.5 Å². The fourth-order valence-electron chi connectivity index (χ4n) is 1.53. The molecule has 5 heteroatoms. The minimum atomic E-state index is -0.157. The van der Waals surface area contributed by atoms with Crippen molar-refractivity contribution in [2.24, 2.45) is 0 Å². The van der Waals surface area contributed by atoms with Crippen molar-refractivity contribution in [2.75, 3.05) is 0 Å². The maximum Gasteiger partial charge on any atom is 0.251 e. The Morgan fingerprint density at radius 2 is 2.24 bits per heavy atom. The molecule has 0 aliphatic carbocycles. The Labute approximate surface area is 104 Å². The number of aryl methyl sites for hydroxylation is 1. The Balaban J connectivity index is 2.44. The molecule has 0 amide bonds. The maximum atomic E-state index is 11.5. The van der Waals surface area contributed by atoms with E-state index in [0.717, 1.165) is 18.5 Å². The van der Waals surface area contributed by atoms with Crippen molar-refractivity contribution in [3.63, 3.8) is 0 Å². The molecular formula is C12H12ClN3O. The first kappa shape index (κ1) is 11.8. The molecule has 2 rings (SSSR count). The first-order valence-corrected chi connectivity index (χ1v) is 5.79. The average molecular weight is 250 g/mol. The molecule has 2 heterocycles. The van der Waals surface area contributed by atoms with Gasteiger partial charge in [0.1, 0.15) is 5.69 Å². The van der Waals surface area contributed by atoms with E-state index < -0.39 is 0 Å². The Bertz CT molecular complexity index is 563. The number of aromatic nitrogens is 3. The van der Waals surface area contributed by atoms with Crippen molar-refractivity contribution in [3.8, 4) is 11.5 Å². The predicted molar refractivity (Wildman–Crippen MR) is 67.1 cm³/mol. The summed E-state index contributed by atoms with van der Waals surface area (Å²) in [6, 6.07) is 4.97. The summed E-state index contributed by atoms with van der Waals surface area (Å²) in [5.41, 5.74) is 1.24. The molecule has 0 aliphatic rings. The summed E-state index contributed by atoms with van der Waals surface area (Å²) in [6.45, 7) is 2.04. The van der Waals surface area contributed by atoms with E-state index in [2.05, 4.69) is 15.0 Å². The highest BCUT2D eigenvalue weighted by Gasteiger charge is 2.04. The van der Waals surface area contributed by atoms with Crippen LogP contribution in [0.3, 0.4) is 0 Å². The molecule has 0 radical (unpaired) electrons. The van der Waals surface area contributed by atoms with E-state index in [-0.39, 0.29) is 5.56 Å². The van der Waals surface area contributed by atoms with E-state index in [1.165, 1.54) is 12.3 Å².